The normalized spacial score (nSPS) is 11.7. The average molecular weight is 393 g/mol. The number of nitro groups is 1. The fourth-order valence-electron chi connectivity index (χ4n) is 2.48. The molecule has 0 aliphatic heterocycles. The third kappa shape index (κ3) is 3.20. The highest BCUT2D eigenvalue weighted by Gasteiger charge is 2.17. The molecule has 10 heteroatoms. The number of nitrogens with zero attached hydrogens (tertiary/aromatic N) is 3. The lowest BCUT2D eigenvalue weighted by atomic mass is 10.3. The van der Waals surface area contributed by atoms with E-state index in [-0.39, 0.29) is 9.88 Å². The van der Waals surface area contributed by atoms with Gasteiger partial charge in [-0.05, 0) is 19.1 Å². The number of carbonyl (C=O) groups is 1. The topological polar surface area (TPSA) is 96.0 Å². The van der Waals surface area contributed by atoms with Crippen LogP contribution in [0.4, 0.5) is 5.00 Å². The second-order valence-corrected chi connectivity index (χ2v) is 7.19. The van der Waals surface area contributed by atoms with Crippen LogP contribution in [0.3, 0.4) is 0 Å². The molecule has 0 aliphatic carbocycles. The molecule has 0 bridgehead atoms. The lowest BCUT2D eigenvalue weighted by Gasteiger charge is -2.08. The molecular formula is C16H15N3O5S2. The van der Waals surface area contributed by atoms with E-state index in [1.807, 2.05) is 17.6 Å². The summed E-state index contributed by atoms with van der Waals surface area (Å²) in [5.41, 5.74) is 0.824. The number of ether oxygens (including phenoxy) is 2. The molecule has 3 rings (SSSR count). The number of amides is 1. The number of carbonyl (C=O) groups excluding carboxylic acids is 1. The van der Waals surface area contributed by atoms with Crippen LogP contribution < -0.4 is 14.3 Å². The van der Waals surface area contributed by atoms with E-state index in [9.17, 15) is 14.9 Å². The Kier molecular flexibility index (Phi) is 5.05. The Hall–Kier alpha value is -2.72. The van der Waals surface area contributed by atoms with Crippen molar-refractivity contribution in [3.63, 3.8) is 0 Å². The molecule has 0 aliphatic rings. The van der Waals surface area contributed by atoms with Gasteiger partial charge in [0.05, 0.1) is 23.8 Å². The molecule has 0 N–H and O–H groups in total. The maximum Gasteiger partial charge on any atom is 0.324 e. The first-order chi connectivity index (χ1) is 12.5. The van der Waals surface area contributed by atoms with Gasteiger partial charge in [-0.3, -0.25) is 14.9 Å². The largest absolute Gasteiger partial charge is 0.497 e. The summed E-state index contributed by atoms with van der Waals surface area (Å²) in [5, 5.41) is 10.7. The van der Waals surface area contributed by atoms with Crippen LogP contribution in [-0.4, -0.2) is 29.6 Å². The Morgan fingerprint density at radius 1 is 1.27 bits per heavy atom. The number of rotatable bonds is 5. The minimum Gasteiger partial charge on any atom is -0.497 e. The summed E-state index contributed by atoms with van der Waals surface area (Å²) in [6, 6.07) is 6.35. The van der Waals surface area contributed by atoms with E-state index in [1.54, 1.807) is 20.3 Å². The second-order valence-electron chi connectivity index (χ2n) is 5.12. The molecule has 1 amide bonds. The lowest BCUT2D eigenvalue weighted by molar-refractivity contribution is -0.380. The van der Waals surface area contributed by atoms with Crippen molar-refractivity contribution in [3.8, 4) is 11.5 Å². The van der Waals surface area contributed by atoms with Crippen molar-refractivity contribution < 1.29 is 19.2 Å². The van der Waals surface area contributed by atoms with Crippen molar-refractivity contribution in [2.45, 2.75) is 13.5 Å². The number of aromatic nitrogens is 1. The predicted molar refractivity (Wildman–Crippen MR) is 99.5 cm³/mol. The highest BCUT2D eigenvalue weighted by molar-refractivity contribution is 7.17. The van der Waals surface area contributed by atoms with E-state index >= 15 is 0 Å². The van der Waals surface area contributed by atoms with Gasteiger partial charge in [-0.2, -0.15) is 4.99 Å². The van der Waals surface area contributed by atoms with Gasteiger partial charge >= 0.3 is 5.00 Å². The molecule has 2 aromatic heterocycles. The summed E-state index contributed by atoms with van der Waals surface area (Å²) in [5.74, 6) is 0.756. The smallest absolute Gasteiger partial charge is 0.324 e. The van der Waals surface area contributed by atoms with E-state index in [4.69, 9.17) is 9.47 Å². The van der Waals surface area contributed by atoms with E-state index in [0.29, 0.717) is 22.8 Å². The van der Waals surface area contributed by atoms with Gasteiger partial charge in [0.15, 0.2) is 4.80 Å². The van der Waals surface area contributed by atoms with Crippen LogP contribution in [0.15, 0.2) is 29.3 Å². The van der Waals surface area contributed by atoms with E-state index in [0.717, 1.165) is 21.6 Å². The van der Waals surface area contributed by atoms with Crippen molar-refractivity contribution in [1.29, 1.82) is 0 Å². The standard InChI is InChI=1S/C16H15N3O5S2/c1-4-18-14-10(24-3)7-9(23-2)8-12(14)26-16(18)17-15(20)11-5-6-13(25-11)19(21)22/h5-8H,4H2,1-3H3. The molecule has 136 valence electrons. The van der Waals surface area contributed by atoms with Crippen LogP contribution in [0.2, 0.25) is 0 Å². The van der Waals surface area contributed by atoms with Crippen molar-refractivity contribution in [1.82, 2.24) is 4.57 Å². The Morgan fingerprint density at radius 2 is 2.04 bits per heavy atom. The number of methoxy groups -OCH3 is 2. The third-order valence-electron chi connectivity index (χ3n) is 3.67. The number of fused-ring (bicyclic) bond motifs is 1. The van der Waals surface area contributed by atoms with Gasteiger partial charge in [0.1, 0.15) is 21.9 Å². The molecule has 0 saturated heterocycles. The minimum atomic E-state index is -0.524. The first-order valence-corrected chi connectivity index (χ1v) is 9.20. The van der Waals surface area contributed by atoms with Crippen LogP contribution in [0.5, 0.6) is 11.5 Å². The zero-order valence-corrected chi connectivity index (χ0v) is 15.8. The van der Waals surface area contributed by atoms with Crippen molar-refractivity contribution in [2.75, 3.05) is 14.2 Å². The Morgan fingerprint density at radius 3 is 2.62 bits per heavy atom. The predicted octanol–water partition coefficient (Wildman–Crippen LogP) is 3.45. The zero-order chi connectivity index (χ0) is 18.8. The molecule has 0 radical (unpaired) electrons. The summed E-state index contributed by atoms with van der Waals surface area (Å²) in [6.07, 6.45) is 0. The van der Waals surface area contributed by atoms with Gasteiger partial charge in [0.25, 0.3) is 5.91 Å². The molecule has 0 spiro atoms. The molecule has 0 saturated carbocycles. The second kappa shape index (κ2) is 7.26. The highest BCUT2D eigenvalue weighted by atomic mass is 32.1. The van der Waals surface area contributed by atoms with Gasteiger partial charge in [-0.1, -0.05) is 22.7 Å². The number of hydrogen-bond donors (Lipinski definition) is 0. The van der Waals surface area contributed by atoms with Crippen LogP contribution in [0.25, 0.3) is 10.2 Å². The number of benzene rings is 1. The zero-order valence-electron chi connectivity index (χ0n) is 14.2. The Balaban J connectivity index is 2.15. The quantitative estimate of drug-likeness (QED) is 0.489. The van der Waals surface area contributed by atoms with Gasteiger partial charge in [-0.25, -0.2) is 0 Å². The van der Waals surface area contributed by atoms with Crippen LogP contribution in [0.1, 0.15) is 16.6 Å². The van der Waals surface area contributed by atoms with Crippen LogP contribution >= 0.6 is 22.7 Å². The van der Waals surface area contributed by atoms with Gasteiger partial charge < -0.3 is 14.0 Å². The number of aryl methyl sites for hydroxylation is 1. The average Bonchev–Trinajstić information content (AvgIpc) is 3.25. The maximum absolute atomic E-state index is 12.4. The van der Waals surface area contributed by atoms with Crippen LogP contribution in [-0.2, 0) is 6.54 Å². The Labute approximate surface area is 156 Å². The highest BCUT2D eigenvalue weighted by Crippen LogP contribution is 2.33. The van der Waals surface area contributed by atoms with E-state index in [2.05, 4.69) is 4.99 Å². The summed E-state index contributed by atoms with van der Waals surface area (Å²) in [7, 11) is 3.14. The number of thiophene rings is 1. The van der Waals surface area contributed by atoms with Gasteiger partial charge in [-0.15, -0.1) is 0 Å². The van der Waals surface area contributed by atoms with Crippen molar-refractivity contribution in [2.24, 2.45) is 4.99 Å². The third-order valence-corrected chi connectivity index (χ3v) is 5.72. The number of hydrogen-bond acceptors (Lipinski definition) is 7. The minimum absolute atomic E-state index is 0.0883. The van der Waals surface area contributed by atoms with Crippen molar-refractivity contribution in [3.05, 3.63) is 44.1 Å². The first kappa shape index (κ1) is 18.1. The SMILES string of the molecule is CCn1c(=NC(=O)c2ccc([N+](=O)[O-])s2)sc2cc(OC)cc(OC)c21. The fraction of sp³-hybridized carbons (Fsp3) is 0.250. The molecule has 3 aromatic rings. The van der Waals surface area contributed by atoms with Gasteiger partial charge in [0, 0.05) is 18.7 Å². The molecule has 1 aromatic carbocycles. The molecular weight excluding hydrogens is 378 g/mol. The van der Waals surface area contributed by atoms with Gasteiger partial charge in [0.2, 0.25) is 0 Å². The molecule has 8 nitrogen and oxygen atoms in total. The summed E-state index contributed by atoms with van der Waals surface area (Å²) < 4.78 is 13.5. The monoisotopic (exact) mass is 393 g/mol. The van der Waals surface area contributed by atoms with E-state index < -0.39 is 10.8 Å². The lowest BCUT2D eigenvalue weighted by Crippen LogP contribution is -2.15. The molecule has 2 heterocycles. The first-order valence-electron chi connectivity index (χ1n) is 7.57. The number of thiazole rings is 1. The molecule has 26 heavy (non-hydrogen) atoms. The summed E-state index contributed by atoms with van der Waals surface area (Å²) >= 11 is 2.14. The van der Waals surface area contributed by atoms with Crippen molar-refractivity contribution >= 4 is 43.8 Å². The fourth-order valence-corrected chi connectivity index (χ4v) is 4.33. The summed E-state index contributed by atoms with van der Waals surface area (Å²) in [6.45, 7) is 2.52. The molecule has 0 unspecified atom stereocenters. The molecule has 0 atom stereocenters. The summed E-state index contributed by atoms with van der Waals surface area (Å²) in [4.78, 5) is 27.6. The molecule has 0 fully saturated rings. The van der Waals surface area contributed by atoms with Crippen LogP contribution in [0, 0.1) is 10.1 Å². The maximum atomic E-state index is 12.4. The Bertz CT molecular complexity index is 1060. The van der Waals surface area contributed by atoms with E-state index in [1.165, 1.54) is 23.5 Å².